The number of nitrogens with one attached hydrogen (secondary N) is 1. The summed E-state index contributed by atoms with van der Waals surface area (Å²) in [5.41, 5.74) is -0.591. The first kappa shape index (κ1) is 16.0. The summed E-state index contributed by atoms with van der Waals surface area (Å²) >= 11 is 0. The van der Waals surface area contributed by atoms with Crippen LogP contribution in [-0.2, 0) is 4.79 Å². The summed E-state index contributed by atoms with van der Waals surface area (Å²) in [6.07, 6.45) is 1.18. The number of benzene rings is 1. The standard InChI is InChI=1S/C13H13N3O5/c1-3-15-13(18)9(7-14)4-8-5-10(16(19)20)12(17)11(6-8)21-2/h4-6,17H,3H2,1-2H3,(H,15,18). The van der Waals surface area contributed by atoms with Gasteiger partial charge in [0.05, 0.1) is 12.0 Å². The Morgan fingerprint density at radius 3 is 2.76 bits per heavy atom. The van der Waals surface area contributed by atoms with Crippen LogP contribution in [-0.4, -0.2) is 29.6 Å². The molecule has 1 aromatic carbocycles. The van der Waals surface area contributed by atoms with Crippen molar-refractivity contribution < 1.29 is 19.6 Å². The molecule has 1 rings (SSSR count). The van der Waals surface area contributed by atoms with Crippen molar-refractivity contribution in [1.29, 1.82) is 5.26 Å². The maximum atomic E-state index is 11.6. The number of nitrogens with zero attached hydrogens (tertiary/aromatic N) is 2. The SMILES string of the molecule is CCNC(=O)C(C#N)=Cc1cc(OC)c(O)c([N+](=O)[O-])c1. The number of aromatic hydroxyl groups is 1. The zero-order chi connectivity index (χ0) is 16.0. The molecule has 0 aliphatic rings. The van der Waals surface area contributed by atoms with Crippen molar-refractivity contribution in [2.45, 2.75) is 6.92 Å². The molecule has 0 aliphatic carbocycles. The number of carbonyl (C=O) groups excluding carboxylic acids is 1. The molecule has 0 bridgehead atoms. The van der Waals surface area contributed by atoms with Crippen LogP contribution >= 0.6 is 0 Å². The highest BCUT2D eigenvalue weighted by Gasteiger charge is 2.20. The first-order valence-electron chi connectivity index (χ1n) is 5.90. The van der Waals surface area contributed by atoms with Gasteiger partial charge in [0.2, 0.25) is 5.75 Å². The molecule has 110 valence electrons. The van der Waals surface area contributed by atoms with Crippen molar-refractivity contribution in [2.75, 3.05) is 13.7 Å². The van der Waals surface area contributed by atoms with Crippen molar-refractivity contribution in [1.82, 2.24) is 5.32 Å². The van der Waals surface area contributed by atoms with Gasteiger partial charge in [-0.05, 0) is 24.6 Å². The molecule has 0 saturated heterocycles. The minimum atomic E-state index is -0.784. The van der Waals surface area contributed by atoms with Crippen molar-refractivity contribution in [3.05, 3.63) is 33.4 Å². The molecule has 0 saturated carbocycles. The zero-order valence-electron chi connectivity index (χ0n) is 11.4. The lowest BCUT2D eigenvalue weighted by Gasteiger charge is -2.06. The van der Waals surface area contributed by atoms with E-state index in [1.165, 1.54) is 19.3 Å². The van der Waals surface area contributed by atoms with Gasteiger partial charge in [-0.15, -0.1) is 0 Å². The average Bonchev–Trinajstić information content (AvgIpc) is 2.45. The smallest absolute Gasteiger partial charge is 0.315 e. The Hall–Kier alpha value is -3.08. The summed E-state index contributed by atoms with van der Waals surface area (Å²) in [7, 11) is 1.24. The maximum Gasteiger partial charge on any atom is 0.315 e. The van der Waals surface area contributed by atoms with E-state index in [2.05, 4.69) is 5.32 Å². The number of hydrogen-bond acceptors (Lipinski definition) is 6. The highest BCUT2D eigenvalue weighted by atomic mass is 16.6. The summed E-state index contributed by atoms with van der Waals surface area (Å²) in [5.74, 6) is -1.32. The molecule has 0 spiro atoms. The molecule has 1 aromatic rings. The number of nitriles is 1. The molecule has 0 atom stereocenters. The summed E-state index contributed by atoms with van der Waals surface area (Å²) in [6, 6.07) is 4.05. The van der Waals surface area contributed by atoms with Gasteiger partial charge in [0.25, 0.3) is 5.91 Å². The van der Waals surface area contributed by atoms with E-state index in [-0.39, 0.29) is 16.9 Å². The summed E-state index contributed by atoms with van der Waals surface area (Å²) in [4.78, 5) is 21.7. The van der Waals surface area contributed by atoms with E-state index >= 15 is 0 Å². The summed E-state index contributed by atoms with van der Waals surface area (Å²) in [5, 5.41) is 31.9. The van der Waals surface area contributed by atoms with Crippen molar-refractivity contribution in [3.63, 3.8) is 0 Å². The highest BCUT2D eigenvalue weighted by molar-refractivity contribution is 6.01. The highest BCUT2D eigenvalue weighted by Crippen LogP contribution is 2.37. The molecule has 8 nitrogen and oxygen atoms in total. The monoisotopic (exact) mass is 291 g/mol. The second kappa shape index (κ2) is 6.91. The number of likely N-dealkylation sites (N-methyl/N-ethyl adjacent to an activating group) is 1. The van der Waals surface area contributed by atoms with Crippen LogP contribution in [0.15, 0.2) is 17.7 Å². The fourth-order valence-corrected chi connectivity index (χ4v) is 1.56. The molecule has 0 unspecified atom stereocenters. The fourth-order valence-electron chi connectivity index (χ4n) is 1.56. The number of methoxy groups -OCH3 is 1. The molecular formula is C13H13N3O5. The predicted molar refractivity (Wildman–Crippen MR) is 73.6 cm³/mol. The Morgan fingerprint density at radius 1 is 1.62 bits per heavy atom. The minimum Gasteiger partial charge on any atom is -0.500 e. The molecule has 1 amide bonds. The number of phenolic OH excluding ortho intramolecular Hbond substituents is 1. The molecule has 21 heavy (non-hydrogen) atoms. The molecular weight excluding hydrogens is 278 g/mol. The third-order valence-electron chi connectivity index (χ3n) is 2.51. The van der Waals surface area contributed by atoms with Crippen molar-refractivity contribution in [2.24, 2.45) is 0 Å². The zero-order valence-corrected chi connectivity index (χ0v) is 11.4. The molecule has 0 aliphatic heterocycles. The minimum absolute atomic E-state index is 0.122. The number of nitro groups is 1. The average molecular weight is 291 g/mol. The van der Waals surface area contributed by atoms with E-state index in [0.29, 0.717) is 6.54 Å². The van der Waals surface area contributed by atoms with Crippen LogP contribution in [0.1, 0.15) is 12.5 Å². The van der Waals surface area contributed by atoms with E-state index in [9.17, 15) is 20.0 Å². The Labute approximate surface area is 120 Å². The molecule has 0 fully saturated rings. The van der Waals surface area contributed by atoms with Gasteiger partial charge in [-0.25, -0.2) is 0 Å². The Bertz CT molecular complexity index is 646. The molecule has 8 heteroatoms. The first-order chi connectivity index (χ1) is 9.94. The number of ether oxygens (including phenoxy) is 1. The number of amides is 1. The van der Waals surface area contributed by atoms with Crippen LogP contribution in [0.3, 0.4) is 0 Å². The van der Waals surface area contributed by atoms with Gasteiger partial charge in [0.15, 0.2) is 5.75 Å². The van der Waals surface area contributed by atoms with Gasteiger partial charge >= 0.3 is 5.69 Å². The van der Waals surface area contributed by atoms with Gasteiger partial charge < -0.3 is 15.2 Å². The van der Waals surface area contributed by atoms with E-state index in [1.54, 1.807) is 13.0 Å². The van der Waals surface area contributed by atoms with E-state index in [0.717, 1.165) is 6.07 Å². The largest absolute Gasteiger partial charge is 0.500 e. The van der Waals surface area contributed by atoms with Crippen LogP contribution in [0, 0.1) is 21.4 Å². The predicted octanol–water partition coefficient (Wildman–Crippen LogP) is 1.35. The number of hydrogen-bond donors (Lipinski definition) is 2. The Kier molecular flexibility index (Phi) is 5.25. The lowest BCUT2D eigenvalue weighted by molar-refractivity contribution is -0.386. The second-order valence-electron chi connectivity index (χ2n) is 3.88. The lowest BCUT2D eigenvalue weighted by atomic mass is 10.1. The summed E-state index contributed by atoms with van der Waals surface area (Å²) < 4.78 is 4.83. The number of nitro benzene ring substituents is 1. The Morgan fingerprint density at radius 2 is 2.29 bits per heavy atom. The lowest BCUT2D eigenvalue weighted by Crippen LogP contribution is -2.23. The third kappa shape index (κ3) is 3.70. The molecule has 0 heterocycles. The number of rotatable bonds is 5. The number of carbonyl (C=O) groups is 1. The van der Waals surface area contributed by atoms with Crippen molar-refractivity contribution >= 4 is 17.7 Å². The van der Waals surface area contributed by atoms with E-state index in [4.69, 9.17) is 10.00 Å². The van der Waals surface area contributed by atoms with Gasteiger partial charge in [-0.2, -0.15) is 5.26 Å². The van der Waals surface area contributed by atoms with Gasteiger partial charge in [0.1, 0.15) is 11.6 Å². The quantitative estimate of drug-likeness (QED) is 0.365. The van der Waals surface area contributed by atoms with E-state index in [1.807, 2.05) is 0 Å². The van der Waals surface area contributed by atoms with Crippen molar-refractivity contribution in [3.8, 4) is 17.6 Å². The van der Waals surface area contributed by atoms with Crippen LogP contribution < -0.4 is 10.1 Å². The van der Waals surface area contributed by atoms with Gasteiger partial charge in [-0.1, -0.05) is 0 Å². The summed E-state index contributed by atoms with van der Waals surface area (Å²) in [6.45, 7) is 2.04. The van der Waals surface area contributed by atoms with Gasteiger partial charge in [-0.3, -0.25) is 14.9 Å². The molecule has 2 N–H and O–H groups in total. The Balaban J connectivity index is 3.37. The molecule has 0 radical (unpaired) electrons. The number of phenols is 1. The van der Waals surface area contributed by atoms with Gasteiger partial charge in [0, 0.05) is 12.6 Å². The van der Waals surface area contributed by atoms with Crippen LogP contribution in [0.25, 0.3) is 6.08 Å². The van der Waals surface area contributed by atoms with E-state index < -0.39 is 22.3 Å². The van der Waals surface area contributed by atoms with Crippen LogP contribution in [0.2, 0.25) is 0 Å². The maximum absolute atomic E-state index is 11.6. The first-order valence-corrected chi connectivity index (χ1v) is 5.90. The second-order valence-corrected chi connectivity index (χ2v) is 3.88. The topological polar surface area (TPSA) is 125 Å². The van der Waals surface area contributed by atoms with Crippen LogP contribution in [0.5, 0.6) is 11.5 Å². The normalized spacial score (nSPS) is 10.6. The van der Waals surface area contributed by atoms with Crippen LogP contribution in [0.4, 0.5) is 5.69 Å². The third-order valence-corrected chi connectivity index (χ3v) is 2.51. The molecule has 0 aromatic heterocycles. The fraction of sp³-hybridized carbons (Fsp3) is 0.231.